The average Bonchev–Trinajstić information content (AvgIpc) is 2.97. The summed E-state index contributed by atoms with van der Waals surface area (Å²) in [6.07, 6.45) is -2.80. The van der Waals surface area contributed by atoms with Crippen LogP contribution in [0.3, 0.4) is 0 Å². The molecule has 3 rings (SSSR count). The highest BCUT2D eigenvalue weighted by Crippen LogP contribution is 2.38. The Hall–Kier alpha value is -3.26. The van der Waals surface area contributed by atoms with Gasteiger partial charge in [0.1, 0.15) is 12.7 Å². The SMILES string of the molecule is C[C@]1(F)[C@H](N=CN)O[C@H](COC(=O)c2ccccc2)[C@H]1OC(=O)c1ccccc1. The lowest BCUT2D eigenvalue weighted by molar-refractivity contribution is -0.0438. The first-order valence-electron chi connectivity index (χ1n) is 8.99. The summed E-state index contributed by atoms with van der Waals surface area (Å²) in [7, 11) is 0. The molecule has 2 aromatic rings. The van der Waals surface area contributed by atoms with Gasteiger partial charge in [-0.25, -0.2) is 19.0 Å². The molecule has 152 valence electrons. The highest BCUT2D eigenvalue weighted by molar-refractivity contribution is 5.90. The average molecular weight is 400 g/mol. The number of rotatable bonds is 6. The fourth-order valence-electron chi connectivity index (χ4n) is 3.02. The summed E-state index contributed by atoms with van der Waals surface area (Å²) in [5.74, 6) is -1.33. The summed E-state index contributed by atoms with van der Waals surface area (Å²) < 4.78 is 31.6. The molecular formula is C21H21FN2O5. The zero-order valence-electron chi connectivity index (χ0n) is 15.7. The fraction of sp³-hybridized carbons (Fsp3) is 0.286. The summed E-state index contributed by atoms with van der Waals surface area (Å²) in [5, 5.41) is 0. The molecular weight excluding hydrogens is 379 g/mol. The molecule has 2 aromatic carbocycles. The van der Waals surface area contributed by atoms with Gasteiger partial charge in [0.2, 0.25) is 0 Å². The predicted octanol–water partition coefficient (Wildman–Crippen LogP) is 2.51. The number of alkyl halides is 1. The molecule has 0 radical (unpaired) electrons. The Balaban J connectivity index is 1.75. The van der Waals surface area contributed by atoms with Crippen LogP contribution in [-0.4, -0.2) is 49.0 Å². The first-order valence-corrected chi connectivity index (χ1v) is 8.99. The van der Waals surface area contributed by atoms with E-state index in [0.717, 1.165) is 6.34 Å². The highest BCUT2D eigenvalue weighted by Gasteiger charge is 2.57. The van der Waals surface area contributed by atoms with Crippen molar-refractivity contribution in [2.24, 2.45) is 10.7 Å². The van der Waals surface area contributed by atoms with Crippen molar-refractivity contribution in [3.05, 3.63) is 71.8 Å². The Morgan fingerprint density at radius 3 is 2.21 bits per heavy atom. The maximum atomic E-state index is 15.4. The maximum Gasteiger partial charge on any atom is 0.338 e. The standard InChI is InChI=1S/C21H21FN2O5/c1-21(22)17(29-19(26)15-10-6-3-7-11-15)16(28-20(21)24-13-23)12-27-18(25)14-8-4-2-5-9-14/h2-11,13,16-17,20H,12H2,1H3,(H2,23,24)/t16-,17-,20-,21-/m1/s1. The Kier molecular flexibility index (Phi) is 6.23. The molecule has 2 N–H and O–H groups in total. The van der Waals surface area contributed by atoms with Crippen molar-refractivity contribution >= 4 is 18.3 Å². The van der Waals surface area contributed by atoms with Gasteiger partial charge in [-0.3, -0.25) is 0 Å². The van der Waals surface area contributed by atoms with Gasteiger partial charge in [0.05, 0.1) is 17.5 Å². The number of hydrogen-bond donors (Lipinski definition) is 1. The van der Waals surface area contributed by atoms with E-state index in [1.54, 1.807) is 60.7 Å². The number of carbonyl (C=O) groups excluding carboxylic acids is 2. The number of hydrogen-bond acceptors (Lipinski definition) is 6. The maximum absolute atomic E-state index is 15.4. The Labute approximate surface area is 167 Å². The number of aliphatic imine (C=N–C) groups is 1. The van der Waals surface area contributed by atoms with E-state index in [9.17, 15) is 9.59 Å². The highest BCUT2D eigenvalue weighted by atomic mass is 19.1. The minimum absolute atomic E-state index is 0.258. The van der Waals surface area contributed by atoms with E-state index < -0.39 is 36.0 Å². The van der Waals surface area contributed by atoms with Crippen LogP contribution in [0.15, 0.2) is 65.7 Å². The smallest absolute Gasteiger partial charge is 0.338 e. The van der Waals surface area contributed by atoms with Crippen LogP contribution < -0.4 is 5.73 Å². The number of benzene rings is 2. The van der Waals surface area contributed by atoms with Crippen LogP contribution in [0.2, 0.25) is 0 Å². The van der Waals surface area contributed by atoms with E-state index in [0.29, 0.717) is 5.56 Å². The normalized spacial score (nSPS) is 26.3. The van der Waals surface area contributed by atoms with Crippen LogP contribution >= 0.6 is 0 Å². The number of halogens is 1. The van der Waals surface area contributed by atoms with E-state index in [2.05, 4.69) is 4.99 Å². The van der Waals surface area contributed by atoms with Crippen molar-refractivity contribution in [3.63, 3.8) is 0 Å². The van der Waals surface area contributed by atoms with Gasteiger partial charge in [0.15, 0.2) is 18.0 Å². The largest absolute Gasteiger partial charge is 0.459 e. The number of nitrogens with two attached hydrogens (primary N) is 1. The summed E-state index contributed by atoms with van der Waals surface area (Å²) in [6, 6.07) is 16.5. The molecule has 1 heterocycles. The van der Waals surface area contributed by atoms with Crippen LogP contribution in [-0.2, 0) is 14.2 Å². The Bertz CT molecular complexity index is 873. The zero-order chi connectivity index (χ0) is 20.9. The number of ether oxygens (including phenoxy) is 3. The molecule has 1 aliphatic heterocycles. The van der Waals surface area contributed by atoms with E-state index in [-0.39, 0.29) is 12.2 Å². The molecule has 1 fully saturated rings. The molecule has 1 saturated heterocycles. The monoisotopic (exact) mass is 400 g/mol. The van der Waals surface area contributed by atoms with Crippen LogP contribution in [0.1, 0.15) is 27.6 Å². The molecule has 1 aliphatic rings. The van der Waals surface area contributed by atoms with Gasteiger partial charge in [0, 0.05) is 0 Å². The first kappa shape index (κ1) is 20.5. The molecule has 0 saturated carbocycles. The third-order valence-electron chi connectivity index (χ3n) is 4.53. The summed E-state index contributed by atoms with van der Waals surface area (Å²) in [4.78, 5) is 28.4. The molecule has 0 bridgehead atoms. The van der Waals surface area contributed by atoms with Crippen molar-refractivity contribution in [1.29, 1.82) is 0 Å². The van der Waals surface area contributed by atoms with Gasteiger partial charge in [0.25, 0.3) is 0 Å². The van der Waals surface area contributed by atoms with Crippen molar-refractivity contribution in [2.45, 2.75) is 31.0 Å². The van der Waals surface area contributed by atoms with Gasteiger partial charge in [-0.05, 0) is 31.2 Å². The molecule has 0 aliphatic carbocycles. The summed E-state index contributed by atoms with van der Waals surface area (Å²) in [5.41, 5.74) is 3.70. The van der Waals surface area contributed by atoms with Gasteiger partial charge in [-0.1, -0.05) is 36.4 Å². The van der Waals surface area contributed by atoms with Crippen molar-refractivity contribution in [3.8, 4) is 0 Å². The van der Waals surface area contributed by atoms with Gasteiger partial charge >= 0.3 is 11.9 Å². The number of carbonyl (C=O) groups is 2. The quantitative estimate of drug-likeness (QED) is 0.454. The molecule has 0 aromatic heterocycles. The second-order valence-electron chi connectivity index (χ2n) is 6.63. The molecule has 4 atom stereocenters. The number of nitrogens with zero attached hydrogens (tertiary/aromatic N) is 1. The predicted molar refractivity (Wildman–Crippen MR) is 103 cm³/mol. The zero-order valence-corrected chi connectivity index (χ0v) is 15.7. The van der Waals surface area contributed by atoms with Gasteiger partial charge in [-0.15, -0.1) is 0 Å². The van der Waals surface area contributed by atoms with Gasteiger partial charge < -0.3 is 19.9 Å². The molecule has 0 unspecified atom stereocenters. The van der Waals surface area contributed by atoms with Crippen LogP contribution in [0, 0.1) is 0 Å². The summed E-state index contributed by atoms with van der Waals surface area (Å²) >= 11 is 0. The lowest BCUT2D eigenvalue weighted by atomic mass is 9.98. The minimum Gasteiger partial charge on any atom is -0.459 e. The van der Waals surface area contributed by atoms with Crippen molar-refractivity contribution in [2.75, 3.05) is 6.61 Å². The second-order valence-corrected chi connectivity index (χ2v) is 6.63. The van der Waals surface area contributed by atoms with E-state index in [4.69, 9.17) is 19.9 Å². The second kappa shape index (κ2) is 8.83. The lowest BCUT2D eigenvalue weighted by Crippen LogP contribution is -2.45. The molecule has 8 heteroatoms. The van der Waals surface area contributed by atoms with E-state index in [1.165, 1.54) is 6.92 Å². The Morgan fingerprint density at radius 1 is 1.10 bits per heavy atom. The van der Waals surface area contributed by atoms with E-state index >= 15 is 4.39 Å². The molecule has 29 heavy (non-hydrogen) atoms. The number of esters is 2. The van der Waals surface area contributed by atoms with Crippen molar-refractivity contribution < 1.29 is 28.2 Å². The van der Waals surface area contributed by atoms with Crippen LogP contribution in [0.5, 0.6) is 0 Å². The van der Waals surface area contributed by atoms with E-state index in [1.807, 2.05) is 0 Å². The lowest BCUT2D eigenvalue weighted by Gasteiger charge is -2.25. The third kappa shape index (κ3) is 4.60. The van der Waals surface area contributed by atoms with Crippen LogP contribution in [0.4, 0.5) is 4.39 Å². The summed E-state index contributed by atoms with van der Waals surface area (Å²) in [6.45, 7) is 0.878. The third-order valence-corrected chi connectivity index (χ3v) is 4.53. The van der Waals surface area contributed by atoms with Gasteiger partial charge in [-0.2, -0.15) is 0 Å². The fourth-order valence-corrected chi connectivity index (χ4v) is 3.02. The van der Waals surface area contributed by atoms with Crippen LogP contribution in [0.25, 0.3) is 0 Å². The Morgan fingerprint density at radius 2 is 1.66 bits per heavy atom. The van der Waals surface area contributed by atoms with Crippen molar-refractivity contribution in [1.82, 2.24) is 0 Å². The minimum atomic E-state index is -2.18. The topological polar surface area (TPSA) is 100 Å². The molecule has 7 nitrogen and oxygen atoms in total. The first-order chi connectivity index (χ1) is 13.9. The molecule has 0 spiro atoms. The molecule has 0 amide bonds.